The van der Waals surface area contributed by atoms with Crippen molar-refractivity contribution in [2.75, 3.05) is 27.4 Å². The van der Waals surface area contributed by atoms with E-state index in [4.69, 9.17) is 25.8 Å². The number of hydrogen-bond donors (Lipinski definition) is 1. The lowest BCUT2D eigenvalue weighted by Crippen LogP contribution is -2.51. The van der Waals surface area contributed by atoms with Gasteiger partial charge >= 0.3 is 0 Å². The van der Waals surface area contributed by atoms with Gasteiger partial charge in [-0.1, -0.05) is 73.5 Å². The third-order valence-electron chi connectivity index (χ3n) is 6.09. The van der Waals surface area contributed by atoms with E-state index in [1.165, 1.54) is 0 Å². The van der Waals surface area contributed by atoms with Gasteiger partial charge in [0.05, 0.1) is 14.2 Å². The van der Waals surface area contributed by atoms with E-state index in [0.717, 1.165) is 24.0 Å². The van der Waals surface area contributed by atoms with Crippen molar-refractivity contribution < 1.29 is 23.8 Å². The van der Waals surface area contributed by atoms with Gasteiger partial charge in [0, 0.05) is 42.7 Å². The topological polar surface area (TPSA) is 77.1 Å². The van der Waals surface area contributed by atoms with E-state index in [1.54, 1.807) is 43.4 Å². The smallest absolute Gasteiger partial charge is 0.261 e. The third-order valence-corrected chi connectivity index (χ3v) is 6.46. The molecule has 0 radical (unpaired) electrons. The van der Waals surface area contributed by atoms with Crippen molar-refractivity contribution in [2.24, 2.45) is 0 Å². The molecular weight excluding hydrogens is 504 g/mol. The predicted molar refractivity (Wildman–Crippen MR) is 149 cm³/mol. The van der Waals surface area contributed by atoms with E-state index in [0.29, 0.717) is 35.2 Å². The molecule has 0 aliphatic heterocycles. The van der Waals surface area contributed by atoms with Crippen LogP contribution in [0.4, 0.5) is 0 Å². The van der Waals surface area contributed by atoms with Crippen molar-refractivity contribution in [3.8, 4) is 17.2 Å². The van der Waals surface area contributed by atoms with Gasteiger partial charge in [-0.25, -0.2) is 0 Å². The summed E-state index contributed by atoms with van der Waals surface area (Å²) in [7, 11) is 3.08. The Kier molecular flexibility index (Phi) is 11.3. The average Bonchev–Trinajstić information content (AvgIpc) is 2.94. The summed E-state index contributed by atoms with van der Waals surface area (Å²) < 4.78 is 16.5. The molecule has 1 atom stereocenters. The summed E-state index contributed by atoms with van der Waals surface area (Å²) in [5.74, 6) is 0.928. The Hall–Kier alpha value is -3.71. The van der Waals surface area contributed by atoms with Crippen molar-refractivity contribution in [2.45, 2.75) is 38.8 Å². The van der Waals surface area contributed by atoms with Crippen LogP contribution in [0.3, 0.4) is 0 Å². The number of methoxy groups -OCH3 is 2. The second kappa shape index (κ2) is 14.9. The maximum absolute atomic E-state index is 13.7. The molecule has 8 heteroatoms. The molecule has 0 saturated heterocycles. The van der Waals surface area contributed by atoms with Gasteiger partial charge in [0.1, 0.15) is 23.3 Å². The van der Waals surface area contributed by atoms with E-state index in [1.807, 2.05) is 48.5 Å². The maximum Gasteiger partial charge on any atom is 0.261 e. The zero-order chi connectivity index (χ0) is 27.3. The molecule has 0 aromatic heterocycles. The van der Waals surface area contributed by atoms with E-state index in [2.05, 4.69) is 12.2 Å². The Balaban J connectivity index is 1.91. The van der Waals surface area contributed by atoms with Crippen molar-refractivity contribution >= 4 is 23.4 Å². The summed E-state index contributed by atoms with van der Waals surface area (Å²) in [4.78, 5) is 28.7. The van der Waals surface area contributed by atoms with Gasteiger partial charge in [0.2, 0.25) is 5.91 Å². The summed E-state index contributed by atoms with van der Waals surface area (Å²) in [5.41, 5.74) is 1.68. The number of nitrogens with zero attached hydrogens (tertiary/aromatic N) is 1. The Labute approximate surface area is 229 Å². The highest BCUT2D eigenvalue weighted by Gasteiger charge is 2.31. The molecule has 0 bridgehead atoms. The number of unbranched alkanes of at least 4 members (excludes halogenated alkanes) is 1. The molecule has 2 amide bonds. The van der Waals surface area contributed by atoms with Crippen LogP contribution >= 0.6 is 11.6 Å². The molecule has 0 fully saturated rings. The minimum absolute atomic E-state index is 0.155. The van der Waals surface area contributed by atoms with Gasteiger partial charge in [-0.15, -0.1) is 0 Å². The molecule has 0 heterocycles. The van der Waals surface area contributed by atoms with Crippen LogP contribution < -0.4 is 19.5 Å². The summed E-state index contributed by atoms with van der Waals surface area (Å²) in [6.45, 7) is 2.47. The van der Waals surface area contributed by atoms with Gasteiger partial charge in [-0.05, 0) is 23.6 Å². The molecule has 7 nitrogen and oxygen atoms in total. The van der Waals surface area contributed by atoms with Crippen LogP contribution in [0.25, 0.3) is 0 Å². The number of benzene rings is 3. The largest absolute Gasteiger partial charge is 0.496 e. The lowest BCUT2D eigenvalue weighted by Gasteiger charge is -2.31. The second-order valence-electron chi connectivity index (χ2n) is 8.80. The summed E-state index contributed by atoms with van der Waals surface area (Å²) in [6.07, 6.45) is 2.15. The molecule has 1 N–H and O–H groups in total. The van der Waals surface area contributed by atoms with Gasteiger partial charge in [0.25, 0.3) is 5.91 Å². The first-order valence-electron chi connectivity index (χ1n) is 12.7. The zero-order valence-corrected chi connectivity index (χ0v) is 22.9. The lowest BCUT2D eigenvalue weighted by molar-refractivity contribution is -0.142. The minimum Gasteiger partial charge on any atom is -0.496 e. The Bertz CT molecular complexity index is 1170. The second-order valence-corrected chi connectivity index (χ2v) is 9.21. The van der Waals surface area contributed by atoms with Gasteiger partial charge in [0.15, 0.2) is 6.61 Å². The SMILES string of the molecule is CCCCNC(=O)C(Cc1ccccc1)N(Cc1ccccc1Cl)C(=O)COc1cc(OC)cc(OC)c1. The monoisotopic (exact) mass is 538 g/mol. The maximum atomic E-state index is 13.7. The lowest BCUT2D eigenvalue weighted by atomic mass is 10.0. The molecule has 0 aliphatic carbocycles. The number of halogens is 1. The summed E-state index contributed by atoms with van der Waals surface area (Å²) in [6, 6.07) is 21.3. The molecule has 3 rings (SSSR count). The van der Waals surface area contributed by atoms with Crippen LogP contribution in [0.1, 0.15) is 30.9 Å². The van der Waals surface area contributed by atoms with Crippen LogP contribution in [0.15, 0.2) is 72.8 Å². The Morgan fingerprint density at radius 2 is 1.55 bits per heavy atom. The van der Waals surface area contributed by atoms with Gasteiger partial charge in [-0.2, -0.15) is 0 Å². The number of ether oxygens (including phenoxy) is 3. The van der Waals surface area contributed by atoms with E-state index in [-0.39, 0.29) is 25.0 Å². The van der Waals surface area contributed by atoms with Gasteiger partial charge < -0.3 is 24.4 Å². The van der Waals surface area contributed by atoms with Crippen LogP contribution in [-0.2, 0) is 22.6 Å². The number of carbonyl (C=O) groups excluding carboxylic acids is 2. The third kappa shape index (κ3) is 8.42. The molecule has 0 spiro atoms. The summed E-state index contributed by atoms with van der Waals surface area (Å²) in [5, 5.41) is 3.53. The van der Waals surface area contributed by atoms with Crippen LogP contribution in [0.5, 0.6) is 17.2 Å². The Morgan fingerprint density at radius 3 is 2.18 bits per heavy atom. The highest BCUT2D eigenvalue weighted by Crippen LogP contribution is 2.28. The number of amides is 2. The molecule has 202 valence electrons. The first-order chi connectivity index (χ1) is 18.4. The van der Waals surface area contributed by atoms with Gasteiger partial charge in [-0.3, -0.25) is 9.59 Å². The summed E-state index contributed by atoms with van der Waals surface area (Å²) >= 11 is 6.46. The van der Waals surface area contributed by atoms with Crippen molar-refractivity contribution in [3.63, 3.8) is 0 Å². The van der Waals surface area contributed by atoms with E-state index >= 15 is 0 Å². The van der Waals surface area contributed by atoms with E-state index in [9.17, 15) is 9.59 Å². The highest BCUT2D eigenvalue weighted by molar-refractivity contribution is 6.31. The van der Waals surface area contributed by atoms with Crippen LogP contribution in [-0.4, -0.2) is 50.1 Å². The molecule has 0 saturated carbocycles. The predicted octanol–water partition coefficient (Wildman–Crippen LogP) is 5.29. The van der Waals surface area contributed by atoms with Crippen molar-refractivity contribution in [1.82, 2.24) is 10.2 Å². The van der Waals surface area contributed by atoms with Crippen molar-refractivity contribution in [3.05, 3.63) is 88.9 Å². The van der Waals surface area contributed by atoms with E-state index < -0.39 is 6.04 Å². The molecular formula is C30H35ClN2O5. The normalized spacial score (nSPS) is 11.4. The molecule has 3 aromatic carbocycles. The fraction of sp³-hybridized carbons (Fsp3) is 0.333. The average molecular weight is 539 g/mol. The number of carbonyl (C=O) groups is 2. The van der Waals surface area contributed by atoms with Crippen molar-refractivity contribution in [1.29, 1.82) is 0 Å². The van der Waals surface area contributed by atoms with Crippen LogP contribution in [0, 0.1) is 0 Å². The highest BCUT2D eigenvalue weighted by atomic mass is 35.5. The number of rotatable bonds is 14. The quantitative estimate of drug-likeness (QED) is 0.282. The molecule has 0 aliphatic rings. The Morgan fingerprint density at radius 1 is 0.921 bits per heavy atom. The first-order valence-corrected chi connectivity index (χ1v) is 13.0. The molecule has 38 heavy (non-hydrogen) atoms. The fourth-order valence-electron chi connectivity index (χ4n) is 3.96. The zero-order valence-electron chi connectivity index (χ0n) is 22.1. The standard InChI is InChI=1S/C30H35ClN2O5/c1-4-5-15-32-30(35)28(16-22-11-7-6-8-12-22)33(20-23-13-9-10-14-27(23)31)29(34)21-38-26-18-24(36-2)17-25(19-26)37-3/h6-14,17-19,28H,4-5,15-16,20-21H2,1-3H3,(H,32,35). The first kappa shape index (κ1) is 28.9. The van der Waals surface area contributed by atoms with Crippen LogP contribution in [0.2, 0.25) is 5.02 Å². The molecule has 1 unspecified atom stereocenters. The fourth-order valence-corrected chi connectivity index (χ4v) is 4.16. The molecule has 3 aromatic rings. The number of nitrogens with one attached hydrogen (secondary N) is 1. The minimum atomic E-state index is -0.763. The number of hydrogen-bond acceptors (Lipinski definition) is 5.